The molecule has 4 rings (SSSR count). The van der Waals surface area contributed by atoms with Gasteiger partial charge in [-0.15, -0.1) is 0 Å². The van der Waals surface area contributed by atoms with Crippen LogP contribution in [-0.4, -0.2) is 11.2 Å². The van der Waals surface area contributed by atoms with E-state index in [-0.39, 0.29) is 6.10 Å². The van der Waals surface area contributed by atoms with E-state index in [1.807, 2.05) is 0 Å². The largest absolute Gasteiger partial charge is 0.393 e. The third-order valence-corrected chi connectivity index (χ3v) is 8.29. The van der Waals surface area contributed by atoms with Crippen LogP contribution in [-0.2, 0) is 0 Å². The van der Waals surface area contributed by atoms with Gasteiger partial charge < -0.3 is 5.11 Å². The Morgan fingerprint density at radius 1 is 0.900 bits per heavy atom. The molecule has 7 atom stereocenters. The molecule has 4 fully saturated rings. The number of rotatable bonds is 0. The van der Waals surface area contributed by atoms with E-state index in [1.165, 1.54) is 57.8 Å². The lowest BCUT2D eigenvalue weighted by Crippen LogP contribution is -2.57. The Labute approximate surface area is 124 Å². The van der Waals surface area contributed by atoms with Gasteiger partial charge in [0, 0.05) is 0 Å². The summed E-state index contributed by atoms with van der Waals surface area (Å²) in [4.78, 5) is 0. The highest BCUT2D eigenvalue weighted by Crippen LogP contribution is 2.66. The molecule has 0 aromatic heterocycles. The van der Waals surface area contributed by atoms with E-state index in [4.69, 9.17) is 0 Å². The predicted molar refractivity (Wildman–Crippen MR) is 82.4 cm³/mol. The van der Waals surface area contributed by atoms with Gasteiger partial charge in [-0.25, -0.2) is 0 Å². The highest BCUT2D eigenvalue weighted by atomic mass is 16.3. The SMILES string of the molecule is CC12CCCC1C1CCC3CCCCC3(C)C1C(O)C2. The van der Waals surface area contributed by atoms with Gasteiger partial charge in [0.05, 0.1) is 6.10 Å². The maximum absolute atomic E-state index is 11.0. The summed E-state index contributed by atoms with van der Waals surface area (Å²) >= 11 is 0. The summed E-state index contributed by atoms with van der Waals surface area (Å²) in [6.07, 6.45) is 13.9. The lowest BCUT2D eigenvalue weighted by molar-refractivity contribution is -0.162. The lowest BCUT2D eigenvalue weighted by Gasteiger charge is -2.61. The Kier molecular flexibility index (Phi) is 3.05. The van der Waals surface area contributed by atoms with Crippen LogP contribution >= 0.6 is 0 Å². The Hall–Kier alpha value is -0.0400. The molecule has 0 amide bonds. The van der Waals surface area contributed by atoms with Crippen molar-refractivity contribution in [3.8, 4) is 0 Å². The smallest absolute Gasteiger partial charge is 0.0581 e. The van der Waals surface area contributed by atoms with Crippen molar-refractivity contribution in [2.45, 2.75) is 84.2 Å². The van der Waals surface area contributed by atoms with Crippen molar-refractivity contribution in [1.29, 1.82) is 0 Å². The number of hydrogen-bond donors (Lipinski definition) is 1. The fraction of sp³-hybridized carbons (Fsp3) is 1.00. The monoisotopic (exact) mass is 276 g/mol. The molecule has 114 valence electrons. The molecule has 0 aliphatic heterocycles. The number of aliphatic hydroxyl groups is 1. The average molecular weight is 276 g/mol. The third-order valence-electron chi connectivity index (χ3n) is 8.29. The van der Waals surface area contributed by atoms with E-state index in [2.05, 4.69) is 13.8 Å². The number of fused-ring (bicyclic) bond motifs is 5. The molecule has 4 saturated carbocycles. The second kappa shape index (κ2) is 4.48. The lowest BCUT2D eigenvalue weighted by atomic mass is 9.44. The molecule has 4 aliphatic carbocycles. The molecule has 0 heterocycles. The molecule has 0 saturated heterocycles. The number of aliphatic hydroxyl groups excluding tert-OH is 1. The molecule has 0 spiro atoms. The minimum atomic E-state index is -0.00903. The van der Waals surface area contributed by atoms with Crippen LogP contribution in [0.4, 0.5) is 0 Å². The molecule has 20 heavy (non-hydrogen) atoms. The summed E-state index contributed by atoms with van der Waals surface area (Å²) in [5.74, 6) is 3.30. The predicted octanol–water partition coefficient (Wildman–Crippen LogP) is 4.78. The first-order valence-electron chi connectivity index (χ1n) is 9.23. The quantitative estimate of drug-likeness (QED) is 0.675. The second-order valence-electron chi connectivity index (χ2n) is 9.14. The summed E-state index contributed by atoms with van der Waals surface area (Å²) in [5.41, 5.74) is 0.933. The Morgan fingerprint density at radius 2 is 1.75 bits per heavy atom. The molecule has 0 aromatic carbocycles. The normalized spacial score (nSPS) is 58.6. The van der Waals surface area contributed by atoms with Gasteiger partial charge in [0.1, 0.15) is 0 Å². The van der Waals surface area contributed by atoms with Crippen LogP contribution in [0, 0.1) is 34.5 Å². The van der Waals surface area contributed by atoms with Gasteiger partial charge in [0.2, 0.25) is 0 Å². The molecule has 0 bridgehead atoms. The summed E-state index contributed by atoms with van der Waals surface area (Å²) in [7, 11) is 0. The van der Waals surface area contributed by atoms with E-state index in [1.54, 1.807) is 0 Å². The zero-order chi connectivity index (χ0) is 14.0. The van der Waals surface area contributed by atoms with Gasteiger partial charge in [-0.2, -0.15) is 0 Å². The Morgan fingerprint density at radius 3 is 2.60 bits per heavy atom. The second-order valence-corrected chi connectivity index (χ2v) is 9.14. The molecule has 1 heteroatoms. The highest BCUT2D eigenvalue weighted by molar-refractivity contribution is 5.09. The minimum absolute atomic E-state index is 0.00903. The summed E-state index contributed by atoms with van der Waals surface area (Å²) in [5, 5.41) is 11.0. The van der Waals surface area contributed by atoms with Crippen LogP contribution in [0.5, 0.6) is 0 Å². The maximum Gasteiger partial charge on any atom is 0.0581 e. The van der Waals surface area contributed by atoms with Crippen molar-refractivity contribution in [3.05, 3.63) is 0 Å². The molecule has 4 aliphatic rings. The third kappa shape index (κ3) is 1.71. The molecular weight excluding hydrogens is 244 g/mol. The average Bonchev–Trinajstić information content (AvgIpc) is 2.78. The minimum Gasteiger partial charge on any atom is -0.393 e. The Bertz CT molecular complexity index is 391. The van der Waals surface area contributed by atoms with Crippen molar-refractivity contribution in [1.82, 2.24) is 0 Å². The first-order valence-corrected chi connectivity index (χ1v) is 9.23. The number of hydrogen-bond acceptors (Lipinski definition) is 1. The molecule has 1 nitrogen and oxygen atoms in total. The summed E-state index contributed by atoms with van der Waals surface area (Å²) in [6, 6.07) is 0. The Balaban J connectivity index is 1.69. The van der Waals surface area contributed by atoms with Crippen molar-refractivity contribution in [2.75, 3.05) is 0 Å². The maximum atomic E-state index is 11.0. The van der Waals surface area contributed by atoms with Crippen LogP contribution in [0.15, 0.2) is 0 Å². The van der Waals surface area contributed by atoms with Crippen molar-refractivity contribution >= 4 is 0 Å². The van der Waals surface area contributed by atoms with Gasteiger partial charge in [0.15, 0.2) is 0 Å². The van der Waals surface area contributed by atoms with E-state index < -0.39 is 0 Å². The highest BCUT2D eigenvalue weighted by Gasteiger charge is 2.60. The zero-order valence-electron chi connectivity index (χ0n) is 13.4. The summed E-state index contributed by atoms with van der Waals surface area (Å²) < 4.78 is 0. The molecule has 0 aromatic rings. The molecular formula is C19H32O. The van der Waals surface area contributed by atoms with Gasteiger partial charge in [0.25, 0.3) is 0 Å². The topological polar surface area (TPSA) is 20.2 Å². The van der Waals surface area contributed by atoms with Crippen molar-refractivity contribution in [2.24, 2.45) is 34.5 Å². The van der Waals surface area contributed by atoms with Crippen LogP contribution < -0.4 is 0 Å². The summed E-state index contributed by atoms with van der Waals surface area (Å²) in [6.45, 7) is 5.04. The fourth-order valence-electron chi connectivity index (χ4n) is 7.43. The molecule has 0 radical (unpaired) electrons. The van der Waals surface area contributed by atoms with Crippen molar-refractivity contribution < 1.29 is 5.11 Å². The fourth-order valence-corrected chi connectivity index (χ4v) is 7.43. The van der Waals surface area contributed by atoms with E-state index in [0.29, 0.717) is 16.7 Å². The molecule has 7 unspecified atom stereocenters. The standard InChI is InChI=1S/C19H32O/c1-18-10-5-7-15(18)14-9-8-13-6-3-4-11-19(13,2)17(14)16(20)12-18/h13-17,20H,3-12H2,1-2H3. The van der Waals surface area contributed by atoms with Gasteiger partial charge >= 0.3 is 0 Å². The van der Waals surface area contributed by atoms with Crippen LogP contribution in [0.1, 0.15) is 78.1 Å². The van der Waals surface area contributed by atoms with Gasteiger partial charge in [-0.05, 0) is 79.4 Å². The first kappa shape index (κ1) is 13.6. The van der Waals surface area contributed by atoms with E-state index >= 15 is 0 Å². The van der Waals surface area contributed by atoms with E-state index in [0.717, 1.165) is 24.2 Å². The van der Waals surface area contributed by atoms with Gasteiger partial charge in [-0.1, -0.05) is 33.1 Å². The van der Waals surface area contributed by atoms with Crippen molar-refractivity contribution in [3.63, 3.8) is 0 Å². The van der Waals surface area contributed by atoms with Gasteiger partial charge in [-0.3, -0.25) is 0 Å². The van der Waals surface area contributed by atoms with E-state index in [9.17, 15) is 5.11 Å². The zero-order valence-corrected chi connectivity index (χ0v) is 13.4. The van der Waals surface area contributed by atoms with Crippen LogP contribution in [0.2, 0.25) is 0 Å². The molecule has 1 N–H and O–H groups in total. The first-order chi connectivity index (χ1) is 9.55. The van der Waals surface area contributed by atoms with Crippen LogP contribution in [0.25, 0.3) is 0 Å². The van der Waals surface area contributed by atoms with Crippen LogP contribution in [0.3, 0.4) is 0 Å².